The van der Waals surface area contributed by atoms with Crippen LogP contribution in [0.25, 0.3) is 0 Å². The van der Waals surface area contributed by atoms with Gasteiger partial charge in [0, 0.05) is 7.05 Å². The van der Waals surface area contributed by atoms with Gasteiger partial charge in [0.05, 0.1) is 0 Å². The first kappa shape index (κ1) is 10.1. The van der Waals surface area contributed by atoms with E-state index in [-0.39, 0.29) is 5.91 Å². The zero-order valence-corrected chi connectivity index (χ0v) is 7.13. The molecule has 0 saturated heterocycles. The summed E-state index contributed by atoms with van der Waals surface area (Å²) >= 11 is 0. The van der Waals surface area contributed by atoms with Crippen molar-refractivity contribution in [2.24, 2.45) is 11.1 Å². The van der Waals surface area contributed by atoms with Gasteiger partial charge in [0.1, 0.15) is 0 Å². The molecule has 11 heavy (non-hydrogen) atoms. The van der Waals surface area contributed by atoms with Crippen LogP contribution in [0.1, 0.15) is 20.3 Å². The number of hydrogen-bond donors (Lipinski definition) is 1. The second-order valence-corrected chi connectivity index (χ2v) is 2.87. The van der Waals surface area contributed by atoms with E-state index in [0.717, 1.165) is 0 Å². The number of nitrogens with zero attached hydrogens (tertiary/aromatic N) is 1. The van der Waals surface area contributed by atoms with Gasteiger partial charge in [-0.15, -0.1) is 4.91 Å². The average Bonchev–Trinajstić information content (AvgIpc) is 1.98. The van der Waals surface area contributed by atoms with Crippen LogP contribution in [0.2, 0.25) is 0 Å². The highest BCUT2D eigenvalue weighted by Gasteiger charge is 2.18. The Balaban J connectivity index is 3.95. The Morgan fingerprint density at radius 3 is 2.36 bits per heavy atom. The second-order valence-electron chi connectivity index (χ2n) is 2.87. The molecule has 0 spiro atoms. The molecule has 0 aromatic heterocycles. The van der Waals surface area contributed by atoms with Gasteiger partial charge in [0.15, 0.2) is 6.04 Å². The van der Waals surface area contributed by atoms with E-state index in [1.165, 1.54) is 7.05 Å². The molecular formula is C7H14N2O2. The van der Waals surface area contributed by atoms with Gasteiger partial charge >= 0.3 is 0 Å². The minimum atomic E-state index is -0.722. The predicted octanol–water partition coefficient (Wildman–Crippen LogP) is 0.913. The van der Waals surface area contributed by atoms with E-state index in [4.69, 9.17) is 0 Å². The summed E-state index contributed by atoms with van der Waals surface area (Å²) in [6.45, 7) is 3.89. The number of nitrogens with one attached hydrogen (secondary N) is 1. The maximum Gasteiger partial charge on any atom is 0.248 e. The van der Waals surface area contributed by atoms with Gasteiger partial charge in [-0.3, -0.25) is 4.79 Å². The van der Waals surface area contributed by atoms with Gasteiger partial charge in [-0.05, 0) is 12.3 Å². The van der Waals surface area contributed by atoms with E-state index >= 15 is 0 Å². The zero-order chi connectivity index (χ0) is 8.85. The summed E-state index contributed by atoms with van der Waals surface area (Å²) < 4.78 is 0. The number of amides is 1. The summed E-state index contributed by atoms with van der Waals surface area (Å²) in [6.07, 6.45) is 0.517. The van der Waals surface area contributed by atoms with Crippen LogP contribution in [0.4, 0.5) is 0 Å². The van der Waals surface area contributed by atoms with Crippen LogP contribution in [0.15, 0.2) is 5.18 Å². The molecule has 0 aliphatic rings. The molecule has 0 bridgehead atoms. The number of carbonyl (C=O) groups excluding carboxylic acids is 1. The van der Waals surface area contributed by atoms with Crippen molar-refractivity contribution in [2.75, 3.05) is 7.05 Å². The third-order valence-electron chi connectivity index (χ3n) is 1.37. The number of nitroso groups, excluding NO2 is 1. The molecule has 4 nitrogen and oxygen atoms in total. The zero-order valence-electron chi connectivity index (χ0n) is 7.13. The molecule has 1 N–H and O–H groups in total. The van der Waals surface area contributed by atoms with Crippen LogP contribution in [-0.4, -0.2) is 19.0 Å². The van der Waals surface area contributed by atoms with Gasteiger partial charge in [-0.25, -0.2) is 0 Å². The van der Waals surface area contributed by atoms with Crippen LogP contribution >= 0.6 is 0 Å². The van der Waals surface area contributed by atoms with Crippen LogP contribution in [-0.2, 0) is 4.79 Å². The Labute approximate surface area is 66.3 Å². The minimum Gasteiger partial charge on any atom is -0.357 e. The van der Waals surface area contributed by atoms with Crippen molar-refractivity contribution < 1.29 is 4.79 Å². The normalized spacial score (nSPS) is 12.7. The monoisotopic (exact) mass is 158 g/mol. The maximum absolute atomic E-state index is 10.9. The maximum atomic E-state index is 10.9. The van der Waals surface area contributed by atoms with Crippen LogP contribution in [0.3, 0.4) is 0 Å². The molecule has 0 radical (unpaired) electrons. The van der Waals surface area contributed by atoms with E-state index in [1.54, 1.807) is 0 Å². The Morgan fingerprint density at radius 1 is 1.55 bits per heavy atom. The van der Waals surface area contributed by atoms with Crippen molar-refractivity contribution in [1.82, 2.24) is 5.32 Å². The van der Waals surface area contributed by atoms with Crippen molar-refractivity contribution in [1.29, 1.82) is 0 Å². The molecule has 0 aliphatic carbocycles. The Bertz CT molecular complexity index is 145. The van der Waals surface area contributed by atoms with Crippen molar-refractivity contribution in [3.8, 4) is 0 Å². The summed E-state index contributed by atoms with van der Waals surface area (Å²) in [5, 5.41) is 5.13. The molecule has 0 aliphatic heterocycles. The first-order valence-corrected chi connectivity index (χ1v) is 3.65. The summed E-state index contributed by atoms with van der Waals surface area (Å²) in [6, 6.07) is -0.722. The third kappa shape index (κ3) is 3.70. The number of likely N-dealkylation sites (N-methyl/N-ethyl adjacent to an activating group) is 1. The van der Waals surface area contributed by atoms with Gasteiger partial charge < -0.3 is 5.32 Å². The highest BCUT2D eigenvalue weighted by Crippen LogP contribution is 2.07. The van der Waals surface area contributed by atoms with Crippen LogP contribution in [0.5, 0.6) is 0 Å². The van der Waals surface area contributed by atoms with Gasteiger partial charge in [0.2, 0.25) is 5.91 Å². The summed E-state index contributed by atoms with van der Waals surface area (Å²) in [4.78, 5) is 21.0. The fraction of sp³-hybridized carbons (Fsp3) is 0.857. The quantitative estimate of drug-likeness (QED) is 0.618. The summed E-state index contributed by atoms with van der Waals surface area (Å²) in [5.74, 6) is 0.0173. The molecule has 1 atom stereocenters. The molecule has 0 rings (SSSR count). The topological polar surface area (TPSA) is 58.5 Å². The molecule has 0 aromatic carbocycles. The fourth-order valence-corrected chi connectivity index (χ4v) is 0.811. The molecule has 64 valence electrons. The van der Waals surface area contributed by atoms with Crippen LogP contribution in [0, 0.1) is 10.8 Å². The summed E-state index contributed by atoms with van der Waals surface area (Å²) in [5.41, 5.74) is 0. The number of carbonyl (C=O) groups is 1. The first-order chi connectivity index (χ1) is 5.11. The lowest BCUT2D eigenvalue weighted by molar-refractivity contribution is -0.122. The molecular weight excluding hydrogens is 144 g/mol. The van der Waals surface area contributed by atoms with Gasteiger partial charge in [-0.1, -0.05) is 19.0 Å². The van der Waals surface area contributed by atoms with E-state index in [2.05, 4.69) is 10.5 Å². The standard InChI is InChI=1S/C7H14N2O2/c1-5(2)4-6(9-11)7(10)8-3/h5-6H,4H2,1-3H3,(H,8,10). The number of rotatable bonds is 4. The highest BCUT2D eigenvalue weighted by atomic mass is 16.3. The van der Waals surface area contributed by atoms with Gasteiger partial charge in [0.25, 0.3) is 0 Å². The van der Waals surface area contributed by atoms with Gasteiger partial charge in [-0.2, -0.15) is 0 Å². The number of hydrogen-bond acceptors (Lipinski definition) is 3. The van der Waals surface area contributed by atoms with E-state index in [0.29, 0.717) is 12.3 Å². The predicted molar refractivity (Wildman–Crippen MR) is 43.1 cm³/mol. The largest absolute Gasteiger partial charge is 0.357 e. The molecule has 0 fully saturated rings. The molecule has 1 amide bonds. The van der Waals surface area contributed by atoms with Crippen LogP contribution < -0.4 is 5.32 Å². The lowest BCUT2D eigenvalue weighted by atomic mass is 10.0. The lowest BCUT2D eigenvalue weighted by Crippen LogP contribution is -2.31. The summed E-state index contributed by atoms with van der Waals surface area (Å²) in [7, 11) is 1.50. The smallest absolute Gasteiger partial charge is 0.248 e. The molecule has 0 heterocycles. The van der Waals surface area contributed by atoms with E-state index < -0.39 is 6.04 Å². The Hall–Kier alpha value is -0.930. The van der Waals surface area contributed by atoms with Crippen molar-refractivity contribution in [3.05, 3.63) is 4.91 Å². The third-order valence-corrected chi connectivity index (χ3v) is 1.37. The molecule has 0 saturated carbocycles. The van der Waals surface area contributed by atoms with E-state index in [1.807, 2.05) is 13.8 Å². The Kier molecular flexibility index (Phi) is 4.41. The lowest BCUT2D eigenvalue weighted by Gasteiger charge is -2.08. The van der Waals surface area contributed by atoms with Crippen molar-refractivity contribution in [2.45, 2.75) is 26.3 Å². The highest BCUT2D eigenvalue weighted by molar-refractivity contribution is 5.81. The first-order valence-electron chi connectivity index (χ1n) is 3.65. The van der Waals surface area contributed by atoms with E-state index in [9.17, 15) is 9.70 Å². The molecule has 1 unspecified atom stereocenters. The average molecular weight is 158 g/mol. The van der Waals surface area contributed by atoms with Crippen molar-refractivity contribution >= 4 is 5.91 Å². The fourth-order valence-electron chi connectivity index (χ4n) is 0.811. The minimum absolute atomic E-state index is 0.297. The molecule has 4 heteroatoms. The SMILES string of the molecule is CNC(=O)C(CC(C)C)N=O. The van der Waals surface area contributed by atoms with Crippen molar-refractivity contribution in [3.63, 3.8) is 0 Å². The molecule has 0 aromatic rings. The second kappa shape index (κ2) is 4.82. The Morgan fingerprint density at radius 2 is 2.09 bits per heavy atom.